The molecule has 0 atom stereocenters. The highest BCUT2D eigenvalue weighted by Crippen LogP contribution is 1.71. The van der Waals surface area contributed by atoms with E-state index in [0.717, 1.165) is 6.08 Å². The number of carbonyl (C=O) groups excluding carboxylic acids is 2. The van der Waals surface area contributed by atoms with Crippen LogP contribution in [0.1, 0.15) is 6.92 Å². The zero-order valence-corrected chi connectivity index (χ0v) is 3.97. The predicted octanol–water partition coefficient (Wildman–Crippen LogP) is 0.134. The number of allylic oxidation sites excluding steroid dienone is 1. The molecule has 7 heavy (non-hydrogen) atoms. The number of Topliss-reactive ketones (excluding diaryl/α,β-unsaturated/α-hetero) is 1. The van der Waals surface area contributed by atoms with E-state index in [9.17, 15) is 9.59 Å². The summed E-state index contributed by atoms with van der Waals surface area (Å²) in [5, 5.41) is 0. The van der Waals surface area contributed by atoms with Gasteiger partial charge in [0.1, 0.15) is 0 Å². The van der Waals surface area contributed by atoms with Crippen molar-refractivity contribution in [2.24, 2.45) is 0 Å². The standard InChI is InChI=1S/C5H5O2/c1-3-5(7)4(2)6/h1,3H,2H3. The lowest BCUT2D eigenvalue weighted by Gasteiger charge is -1.76. The van der Waals surface area contributed by atoms with Crippen LogP contribution in [0, 0.1) is 6.58 Å². The van der Waals surface area contributed by atoms with E-state index in [4.69, 9.17) is 0 Å². The lowest BCUT2D eigenvalue weighted by molar-refractivity contribution is -0.132. The molecule has 0 aliphatic rings. The van der Waals surface area contributed by atoms with Crippen molar-refractivity contribution in [3.63, 3.8) is 0 Å². The Morgan fingerprint density at radius 1 is 1.57 bits per heavy atom. The first-order valence-electron chi connectivity index (χ1n) is 1.78. The van der Waals surface area contributed by atoms with E-state index in [1.165, 1.54) is 6.92 Å². The fraction of sp³-hybridized carbons (Fsp3) is 0.200. The van der Waals surface area contributed by atoms with E-state index in [0.29, 0.717) is 0 Å². The quantitative estimate of drug-likeness (QED) is 0.362. The van der Waals surface area contributed by atoms with E-state index in [-0.39, 0.29) is 0 Å². The van der Waals surface area contributed by atoms with Crippen LogP contribution in [-0.4, -0.2) is 11.6 Å². The molecule has 0 spiro atoms. The molecule has 37 valence electrons. The minimum atomic E-state index is -0.639. The first-order chi connectivity index (χ1) is 3.18. The molecular weight excluding hydrogens is 92.1 g/mol. The van der Waals surface area contributed by atoms with Crippen molar-refractivity contribution in [3.8, 4) is 0 Å². The summed E-state index contributed by atoms with van der Waals surface area (Å²) in [4.78, 5) is 19.9. The summed E-state index contributed by atoms with van der Waals surface area (Å²) in [6.45, 7) is 5.85. The summed E-state index contributed by atoms with van der Waals surface area (Å²) in [5.41, 5.74) is 0. The minimum absolute atomic E-state index is 0.525. The van der Waals surface area contributed by atoms with Gasteiger partial charge in [0.15, 0.2) is 5.78 Å². The molecule has 1 radical (unpaired) electrons. The van der Waals surface area contributed by atoms with Crippen LogP contribution in [0.4, 0.5) is 0 Å². The number of ketones is 2. The van der Waals surface area contributed by atoms with Gasteiger partial charge in [-0.05, 0) is 6.08 Å². The van der Waals surface area contributed by atoms with Gasteiger partial charge in [0.2, 0.25) is 5.78 Å². The zero-order valence-electron chi connectivity index (χ0n) is 3.97. The van der Waals surface area contributed by atoms with Crippen LogP contribution in [-0.2, 0) is 9.59 Å². The molecule has 0 heterocycles. The Labute approximate surface area is 41.8 Å². The van der Waals surface area contributed by atoms with E-state index in [2.05, 4.69) is 6.58 Å². The third kappa shape index (κ3) is 1.87. The van der Waals surface area contributed by atoms with Crippen molar-refractivity contribution in [1.29, 1.82) is 0 Å². The van der Waals surface area contributed by atoms with Crippen LogP contribution in [0.15, 0.2) is 6.08 Å². The van der Waals surface area contributed by atoms with Crippen LogP contribution in [0.2, 0.25) is 0 Å². The van der Waals surface area contributed by atoms with Gasteiger partial charge in [-0.1, -0.05) is 6.58 Å². The summed E-state index contributed by atoms with van der Waals surface area (Å²) in [6, 6.07) is 0. The fourth-order valence-corrected chi connectivity index (χ4v) is 0.117. The van der Waals surface area contributed by atoms with Crippen molar-refractivity contribution in [3.05, 3.63) is 12.7 Å². The Kier molecular flexibility index (Phi) is 1.99. The van der Waals surface area contributed by atoms with Gasteiger partial charge in [-0.3, -0.25) is 9.59 Å². The van der Waals surface area contributed by atoms with E-state index >= 15 is 0 Å². The highest BCUT2D eigenvalue weighted by molar-refractivity contribution is 6.40. The predicted molar refractivity (Wildman–Crippen MR) is 24.6 cm³/mol. The maximum atomic E-state index is 9.98. The molecule has 0 aromatic rings. The Morgan fingerprint density at radius 2 is 2.00 bits per heavy atom. The number of hydrogen-bond acceptors (Lipinski definition) is 2. The SMILES string of the molecule is [CH]=CC(=O)C(C)=O. The summed E-state index contributed by atoms with van der Waals surface area (Å²) in [6.07, 6.45) is 0.752. The summed E-state index contributed by atoms with van der Waals surface area (Å²) < 4.78 is 0. The van der Waals surface area contributed by atoms with Gasteiger partial charge in [-0.15, -0.1) is 0 Å². The van der Waals surface area contributed by atoms with Crippen molar-refractivity contribution in [2.75, 3.05) is 0 Å². The van der Waals surface area contributed by atoms with Crippen LogP contribution in [0.25, 0.3) is 0 Å². The van der Waals surface area contributed by atoms with Crippen molar-refractivity contribution in [1.82, 2.24) is 0 Å². The maximum Gasteiger partial charge on any atom is 0.221 e. The van der Waals surface area contributed by atoms with Gasteiger partial charge in [0.25, 0.3) is 0 Å². The highest BCUT2D eigenvalue weighted by Gasteiger charge is 1.98. The molecule has 0 aliphatic carbocycles. The molecular formula is C5H5O2. The second-order valence-electron chi connectivity index (χ2n) is 1.09. The number of carbonyl (C=O) groups is 2. The van der Waals surface area contributed by atoms with E-state index in [1.807, 2.05) is 0 Å². The molecule has 2 heteroatoms. The van der Waals surface area contributed by atoms with Crippen LogP contribution in [0.5, 0.6) is 0 Å². The molecule has 0 aliphatic heterocycles. The summed E-state index contributed by atoms with van der Waals surface area (Å²) >= 11 is 0. The van der Waals surface area contributed by atoms with Gasteiger partial charge in [-0.2, -0.15) is 0 Å². The van der Waals surface area contributed by atoms with Crippen molar-refractivity contribution >= 4 is 11.6 Å². The molecule has 0 unspecified atom stereocenters. The molecule has 2 nitrogen and oxygen atoms in total. The Bertz CT molecular complexity index is 113. The number of hydrogen-bond donors (Lipinski definition) is 0. The first-order valence-corrected chi connectivity index (χ1v) is 1.78. The lowest BCUT2D eigenvalue weighted by atomic mass is 10.3. The Hall–Kier alpha value is -0.920. The zero-order chi connectivity index (χ0) is 5.86. The van der Waals surface area contributed by atoms with Crippen molar-refractivity contribution in [2.45, 2.75) is 6.92 Å². The van der Waals surface area contributed by atoms with Gasteiger partial charge >= 0.3 is 0 Å². The van der Waals surface area contributed by atoms with Gasteiger partial charge in [0, 0.05) is 6.92 Å². The Balaban J connectivity index is 3.81. The molecule has 0 fully saturated rings. The molecule has 0 saturated carbocycles. The minimum Gasteiger partial charge on any atom is -0.291 e. The second kappa shape index (κ2) is 2.29. The molecule has 0 bridgehead atoms. The second-order valence-corrected chi connectivity index (χ2v) is 1.09. The van der Waals surface area contributed by atoms with Crippen LogP contribution >= 0.6 is 0 Å². The normalized spacial score (nSPS) is 7.57. The third-order valence-corrected chi connectivity index (χ3v) is 0.498. The van der Waals surface area contributed by atoms with Gasteiger partial charge in [-0.25, -0.2) is 0 Å². The molecule has 0 aromatic carbocycles. The topological polar surface area (TPSA) is 34.1 Å². The summed E-state index contributed by atoms with van der Waals surface area (Å²) in [5.74, 6) is -1.16. The van der Waals surface area contributed by atoms with Crippen LogP contribution < -0.4 is 0 Å². The number of rotatable bonds is 2. The van der Waals surface area contributed by atoms with E-state index < -0.39 is 11.6 Å². The van der Waals surface area contributed by atoms with Crippen LogP contribution in [0.3, 0.4) is 0 Å². The third-order valence-electron chi connectivity index (χ3n) is 0.498. The fourth-order valence-electron chi connectivity index (χ4n) is 0.117. The average molecular weight is 97.1 g/mol. The monoisotopic (exact) mass is 97.0 g/mol. The first kappa shape index (κ1) is 6.08. The molecule has 0 amide bonds. The molecule has 0 saturated heterocycles. The van der Waals surface area contributed by atoms with Crippen molar-refractivity contribution < 1.29 is 9.59 Å². The lowest BCUT2D eigenvalue weighted by Crippen LogP contribution is -2.03. The summed E-state index contributed by atoms with van der Waals surface area (Å²) in [7, 11) is 0. The molecule has 0 N–H and O–H groups in total. The van der Waals surface area contributed by atoms with Gasteiger partial charge < -0.3 is 0 Å². The average Bonchev–Trinajstić information content (AvgIpc) is 1.65. The van der Waals surface area contributed by atoms with E-state index in [1.54, 1.807) is 0 Å². The van der Waals surface area contributed by atoms with Gasteiger partial charge in [0.05, 0.1) is 0 Å². The molecule has 0 aromatic heterocycles. The smallest absolute Gasteiger partial charge is 0.221 e. The largest absolute Gasteiger partial charge is 0.291 e. The highest BCUT2D eigenvalue weighted by atomic mass is 16.2. The Morgan fingerprint density at radius 3 is 2.00 bits per heavy atom. The maximum absolute atomic E-state index is 9.98. The molecule has 0 rings (SSSR count).